The standard InChI is InChI=1S/C32H34N6S/c1-5-22(19-38-12-8-7-9-13-38)15-23(6-2)24-16-25-27(14-20(24)3)36-37-31(25)32-34-28-18-33-17-26(30(28)35-32)29-11-10-21(4)39-29/h5-6,10-11,14-18H,1,7-9,12-13,19H2,2-4H3,(H,34,35)(H,36,37)/b22-15+,23-6+. The Labute approximate surface area is 233 Å². The van der Waals surface area contributed by atoms with Gasteiger partial charge in [-0.25, -0.2) is 4.98 Å². The van der Waals surface area contributed by atoms with Crippen LogP contribution in [0.5, 0.6) is 0 Å². The van der Waals surface area contributed by atoms with E-state index in [9.17, 15) is 0 Å². The molecule has 5 aromatic rings. The zero-order chi connectivity index (χ0) is 26.9. The maximum absolute atomic E-state index is 5.02. The first-order valence-corrected chi connectivity index (χ1v) is 14.5. The molecule has 6 rings (SSSR count). The Morgan fingerprint density at radius 2 is 1.95 bits per heavy atom. The number of likely N-dealkylation sites (tertiary alicyclic amines) is 1. The number of rotatable bonds is 7. The van der Waals surface area contributed by atoms with Crippen molar-refractivity contribution in [1.82, 2.24) is 30.0 Å². The van der Waals surface area contributed by atoms with Gasteiger partial charge in [0.25, 0.3) is 0 Å². The van der Waals surface area contributed by atoms with E-state index in [2.05, 4.69) is 83.7 Å². The molecule has 0 spiro atoms. The molecule has 0 bridgehead atoms. The molecule has 2 N–H and O–H groups in total. The van der Waals surface area contributed by atoms with Crippen molar-refractivity contribution in [3.63, 3.8) is 0 Å². The summed E-state index contributed by atoms with van der Waals surface area (Å²) in [7, 11) is 0. The molecule has 1 aliphatic rings. The van der Waals surface area contributed by atoms with Crippen LogP contribution in [0.15, 0.2) is 67.0 Å². The highest BCUT2D eigenvalue weighted by Crippen LogP contribution is 2.35. The number of hydrogen-bond donors (Lipinski definition) is 2. The lowest BCUT2D eigenvalue weighted by atomic mass is 9.95. The highest BCUT2D eigenvalue weighted by atomic mass is 32.1. The molecule has 7 heteroatoms. The SMILES string of the molecule is C=C/C(=C\C(=C/C)c1cc2c(-c3nc4c(-c5ccc(C)s5)cncc4[nH]3)n[nH]c2cc1C)CN1CCCCC1. The van der Waals surface area contributed by atoms with Crippen molar-refractivity contribution < 1.29 is 0 Å². The molecule has 0 saturated carbocycles. The van der Waals surface area contributed by atoms with Gasteiger partial charge in [0, 0.05) is 33.4 Å². The number of thiophene rings is 1. The summed E-state index contributed by atoms with van der Waals surface area (Å²) in [5.74, 6) is 0.739. The van der Waals surface area contributed by atoms with Crippen LogP contribution < -0.4 is 0 Å². The molecule has 1 fully saturated rings. The number of imidazole rings is 1. The number of nitrogens with one attached hydrogen (secondary N) is 2. The fourth-order valence-corrected chi connectivity index (χ4v) is 6.41. The number of H-pyrrole nitrogens is 2. The number of fused-ring (bicyclic) bond motifs is 2. The summed E-state index contributed by atoms with van der Waals surface area (Å²) in [4.78, 5) is 17.9. The minimum absolute atomic E-state index is 0.739. The van der Waals surface area contributed by atoms with Crippen molar-refractivity contribution in [3.05, 3.63) is 83.0 Å². The largest absolute Gasteiger partial charge is 0.335 e. The summed E-state index contributed by atoms with van der Waals surface area (Å²) in [6.45, 7) is 13.8. The lowest BCUT2D eigenvalue weighted by Gasteiger charge is -2.27. The second kappa shape index (κ2) is 10.8. The van der Waals surface area contributed by atoms with Crippen molar-refractivity contribution in [3.8, 4) is 22.0 Å². The third-order valence-electron chi connectivity index (χ3n) is 7.61. The number of aromatic amines is 2. The molecule has 4 aromatic heterocycles. The van der Waals surface area contributed by atoms with Crippen molar-refractivity contribution in [1.29, 1.82) is 0 Å². The van der Waals surface area contributed by atoms with Crippen LogP contribution in [0, 0.1) is 13.8 Å². The topological polar surface area (TPSA) is 73.5 Å². The van der Waals surface area contributed by atoms with Gasteiger partial charge in [-0.05, 0) is 93.2 Å². The quantitative estimate of drug-likeness (QED) is 0.209. The molecular formula is C32H34N6S. The molecule has 1 aromatic carbocycles. The Kier molecular flexibility index (Phi) is 7.02. The smallest absolute Gasteiger partial charge is 0.159 e. The van der Waals surface area contributed by atoms with E-state index >= 15 is 0 Å². The molecular weight excluding hydrogens is 500 g/mol. The number of nitrogens with zero attached hydrogens (tertiary/aromatic N) is 4. The average Bonchev–Trinajstić information content (AvgIpc) is 3.68. The van der Waals surface area contributed by atoms with Gasteiger partial charge < -0.3 is 4.98 Å². The predicted octanol–water partition coefficient (Wildman–Crippen LogP) is 7.85. The van der Waals surface area contributed by atoms with E-state index in [1.807, 2.05) is 18.5 Å². The summed E-state index contributed by atoms with van der Waals surface area (Å²) < 4.78 is 0. The molecule has 5 heterocycles. The number of hydrogen-bond acceptors (Lipinski definition) is 5. The Bertz CT molecular complexity index is 1720. The molecule has 39 heavy (non-hydrogen) atoms. The molecule has 1 aliphatic heterocycles. The van der Waals surface area contributed by atoms with Gasteiger partial charge in [0.1, 0.15) is 11.2 Å². The van der Waals surface area contributed by atoms with Crippen molar-refractivity contribution in [2.45, 2.75) is 40.0 Å². The Balaban J connectivity index is 1.39. The molecule has 198 valence electrons. The van der Waals surface area contributed by atoms with Crippen LogP contribution in [0.2, 0.25) is 0 Å². The molecule has 0 aliphatic carbocycles. The minimum atomic E-state index is 0.739. The van der Waals surface area contributed by atoms with Gasteiger partial charge >= 0.3 is 0 Å². The monoisotopic (exact) mass is 534 g/mol. The molecule has 0 amide bonds. The van der Waals surface area contributed by atoms with Crippen LogP contribution in [0.25, 0.3) is 49.5 Å². The number of allylic oxidation sites excluding steroid dienone is 3. The van der Waals surface area contributed by atoms with E-state index in [1.54, 1.807) is 11.3 Å². The molecule has 1 saturated heterocycles. The van der Waals surface area contributed by atoms with Crippen molar-refractivity contribution in [2.75, 3.05) is 19.6 Å². The predicted molar refractivity (Wildman–Crippen MR) is 164 cm³/mol. The van der Waals surface area contributed by atoms with E-state index in [0.29, 0.717) is 0 Å². The first-order chi connectivity index (χ1) is 19.0. The second-order valence-corrected chi connectivity index (χ2v) is 11.7. The second-order valence-electron chi connectivity index (χ2n) is 10.4. The summed E-state index contributed by atoms with van der Waals surface area (Å²) >= 11 is 1.75. The lowest BCUT2D eigenvalue weighted by molar-refractivity contribution is 0.248. The molecule has 0 unspecified atom stereocenters. The van der Waals surface area contributed by atoms with Crippen LogP contribution in [-0.4, -0.2) is 49.7 Å². The van der Waals surface area contributed by atoms with Gasteiger partial charge in [-0.1, -0.05) is 31.2 Å². The summed E-state index contributed by atoms with van der Waals surface area (Å²) in [6, 6.07) is 8.69. The Hall–Kier alpha value is -3.81. The van der Waals surface area contributed by atoms with Crippen LogP contribution >= 0.6 is 11.3 Å². The number of pyridine rings is 1. The van der Waals surface area contributed by atoms with Crippen LogP contribution in [0.4, 0.5) is 0 Å². The maximum atomic E-state index is 5.02. The number of piperidine rings is 1. The fraction of sp³-hybridized carbons (Fsp3) is 0.281. The highest BCUT2D eigenvalue weighted by Gasteiger charge is 2.18. The van der Waals surface area contributed by atoms with E-state index < -0.39 is 0 Å². The maximum Gasteiger partial charge on any atom is 0.159 e. The summed E-state index contributed by atoms with van der Waals surface area (Å²) in [5.41, 5.74) is 9.50. The lowest BCUT2D eigenvalue weighted by Crippen LogP contribution is -2.31. The Morgan fingerprint density at radius 1 is 1.10 bits per heavy atom. The summed E-state index contributed by atoms with van der Waals surface area (Å²) in [6.07, 6.45) is 14.1. The zero-order valence-electron chi connectivity index (χ0n) is 22.8. The van der Waals surface area contributed by atoms with Gasteiger partial charge in [0.2, 0.25) is 0 Å². The van der Waals surface area contributed by atoms with Crippen LogP contribution in [0.3, 0.4) is 0 Å². The third kappa shape index (κ3) is 5.00. The normalized spacial score (nSPS) is 15.5. The van der Waals surface area contributed by atoms with E-state index in [0.717, 1.165) is 45.6 Å². The molecule has 0 atom stereocenters. The van der Waals surface area contributed by atoms with Gasteiger partial charge in [-0.3, -0.25) is 15.0 Å². The van der Waals surface area contributed by atoms with Crippen LogP contribution in [0.1, 0.15) is 42.2 Å². The third-order valence-corrected chi connectivity index (χ3v) is 8.65. The average molecular weight is 535 g/mol. The van der Waals surface area contributed by atoms with Crippen molar-refractivity contribution in [2.24, 2.45) is 0 Å². The number of aryl methyl sites for hydroxylation is 2. The number of aromatic nitrogens is 5. The van der Waals surface area contributed by atoms with E-state index in [-0.39, 0.29) is 0 Å². The van der Waals surface area contributed by atoms with E-state index in [4.69, 9.17) is 10.1 Å². The first kappa shape index (κ1) is 25.5. The van der Waals surface area contributed by atoms with Gasteiger partial charge in [-0.2, -0.15) is 5.10 Å². The highest BCUT2D eigenvalue weighted by molar-refractivity contribution is 7.15. The summed E-state index contributed by atoms with van der Waals surface area (Å²) in [5, 5.41) is 8.97. The number of benzene rings is 1. The zero-order valence-corrected chi connectivity index (χ0v) is 23.7. The first-order valence-electron chi connectivity index (χ1n) is 13.7. The van der Waals surface area contributed by atoms with E-state index in [1.165, 1.54) is 64.4 Å². The van der Waals surface area contributed by atoms with Crippen molar-refractivity contribution >= 4 is 38.8 Å². The molecule has 6 nitrogen and oxygen atoms in total. The molecule has 0 radical (unpaired) electrons. The van der Waals surface area contributed by atoms with Crippen LogP contribution in [-0.2, 0) is 0 Å². The minimum Gasteiger partial charge on any atom is -0.335 e. The van der Waals surface area contributed by atoms with Gasteiger partial charge in [0.05, 0.1) is 17.2 Å². The fourth-order valence-electron chi connectivity index (χ4n) is 5.53. The Morgan fingerprint density at radius 3 is 2.69 bits per heavy atom. The van der Waals surface area contributed by atoms with Gasteiger partial charge in [-0.15, -0.1) is 11.3 Å². The van der Waals surface area contributed by atoms with Gasteiger partial charge in [0.15, 0.2) is 5.82 Å².